The van der Waals surface area contributed by atoms with Gasteiger partial charge in [0.15, 0.2) is 10.8 Å². The van der Waals surface area contributed by atoms with Crippen molar-refractivity contribution < 1.29 is 0 Å². The lowest BCUT2D eigenvalue weighted by molar-refractivity contribution is 0.745. The van der Waals surface area contributed by atoms with Gasteiger partial charge in [0, 0.05) is 6.20 Å². The van der Waals surface area contributed by atoms with Crippen molar-refractivity contribution >= 4 is 17.2 Å². The molecule has 2 heterocycles. The van der Waals surface area contributed by atoms with Crippen molar-refractivity contribution in [3.8, 4) is 0 Å². The third kappa shape index (κ3) is 1.60. The van der Waals surface area contributed by atoms with Gasteiger partial charge in [-0.15, -0.1) is 0 Å². The van der Waals surface area contributed by atoms with E-state index in [4.69, 9.17) is 11.6 Å². The Morgan fingerprint density at radius 3 is 3.14 bits per heavy atom. The maximum absolute atomic E-state index is 6.03. The van der Waals surface area contributed by atoms with E-state index < -0.39 is 0 Å². The number of unbranched alkanes of at least 4 members (excludes halogenated alkanes) is 1. The standard InChI is InChI=1S/C10H12ClN3/c1-2-3-5-8-10(11)13-9-6-4-7-12-14(8)9/h4,6-7H,2-3,5H2,1H3. The smallest absolute Gasteiger partial charge is 0.155 e. The quantitative estimate of drug-likeness (QED) is 0.778. The maximum Gasteiger partial charge on any atom is 0.155 e. The van der Waals surface area contributed by atoms with Crippen LogP contribution in [0, 0.1) is 0 Å². The van der Waals surface area contributed by atoms with Crippen molar-refractivity contribution in [1.82, 2.24) is 14.6 Å². The summed E-state index contributed by atoms with van der Waals surface area (Å²) >= 11 is 6.03. The zero-order valence-corrected chi connectivity index (χ0v) is 8.83. The molecule has 2 aromatic rings. The van der Waals surface area contributed by atoms with Crippen LogP contribution in [0.4, 0.5) is 0 Å². The van der Waals surface area contributed by atoms with Gasteiger partial charge in [0.2, 0.25) is 0 Å². The molecule has 14 heavy (non-hydrogen) atoms. The fraction of sp³-hybridized carbons (Fsp3) is 0.400. The molecule has 0 saturated carbocycles. The molecular weight excluding hydrogens is 198 g/mol. The summed E-state index contributed by atoms with van der Waals surface area (Å²) in [6, 6.07) is 3.77. The van der Waals surface area contributed by atoms with Crippen LogP contribution in [0.5, 0.6) is 0 Å². The normalized spacial score (nSPS) is 11.0. The molecule has 2 aromatic heterocycles. The molecule has 0 saturated heterocycles. The first kappa shape index (κ1) is 9.46. The number of nitrogens with zero attached hydrogens (tertiary/aromatic N) is 3. The molecular formula is C10H12ClN3. The number of aromatic nitrogens is 3. The average Bonchev–Trinajstić information content (AvgIpc) is 2.51. The number of hydrogen-bond acceptors (Lipinski definition) is 2. The Morgan fingerprint density at radius 2 is 2.36 bits per heavy atom. The molecule has 0 aromatic carbocycles. The van der Waals surface area contributed by atoms with Gasteiger partial charge in [-0.3, -0.25) is 0 Å². The maximum atomic E-state index is 6.03. The molecule has 0 spiro atoms. The number of rotatable bonds is 3. The van der Waals surface area contributed by atoms with Crippen molar-refractivity contribution in [2.24, 2.45) is 0 Å². The van der Waals surface area contributed by atoms with E-state index in [1.54, 1.807) is 6.20 Å². The molecule has 3 nitrogen and oxygen atoms in total. The zero-order chi connectivity index (χ0) is 9.97. The highest BCUT2D eigenvalue weighted by molar-refractivity contribution is 6.30. The van der Waals surface area contributed by atoms with Gasteiger partial charge in [-0.05, 0) is 25.0 Å². The highest BCUT2D eigenvalue weighted by Gasteiger charge is 2.09. The Labute approximate surface area is 87.7 Å². The summed E-state index contributed by atoms with van der Waals surface area (Å²) in [6.07, 6.45) is 4.95. The molecule has 0 N–H and O–H groups in total. The van der Waals surface area contributed by atoms with Gasteiger partial charge in [-0.25, -0.2) is 9.50 Å². The fourth-order valence-corrected chi connectivity index (χ4v) is 1.72. The molecule has 0 aliphatic rings. The summed E-state index contributed by atoms with van der Waals surface area (Å²) in [5.74, 6) is 0. The molecule has 74 valence electrons. The van der Waals surface area contributed by atoms with E-state index >= 15 is 0 Å². The van der Waals surface area contributed by atoms with Crippen LogP contribution < -0.4 is 0 Å². The monoisotopic (exact) mass is 209 g/mol. The molecule has 0 aliphatic carbocycles. The highest BCUT2D eigenvalue weighted by Crippen LogP contribution is 2.18. The Bertz CT molecular complexity index is 436. The summed E-state index contributed by atoms with van der Waals surface area (Å²) < 4.78 is 1.82. The Kier molecular flexibility index (Phi) is 2.68. The second-order valence-corrected chi connectivity index (χ2v) is 3.60. The van der Waals surface area contributed by atoms with Crippen molar-refractivity contribution in [3.05, 3.63) is 29.2 Å². The SMILES string of the molecule is CCCCc1c(Cl)nc2cccnn12. The molecule has 0 unspecified atom stereocenters. The molecule has 0 fully saturated rings. The average molecular weight is 210 g/mol. The first-order valence-corrected chi connectivity index (χ1v) is 5.19. The largest absolute Gasteiger partial charge is 0.216 e. The minimum atomic E-state index is 0.581. The minimum absolute atomic E-state index is 0.581. The molecule has 0 aliphatic heterocycles. The van der Waals surface area contributed by atoms with Crippen LogP contribution in [-0.2, 0) is 6.42 Å². The Morgan fingerprint density at radius 1 is 1.50 bits per heavy atom. The summed E-state index contributed by atoms with van der Waals surface area (Å²) in [5.41, 5.74) is 1.84. The summed E-state index contributed by atoms with van der Waals surface area (Å²) in [4.78, 5) is 4.23. The van der Waals surface area contributed by atoms with E-state index in [0.29, 0.717) is 5.15 Å². The number of imidazole rings is 1. The molecule has 2 rings (SSSR count). The second-order valence-electron chi connectivity index (χ2n) is 3.25. The van der Waals surface area contributed by atoms with Crippen LogP contribution >= 0.6 is 11.6 Å². The van der Waals surface area contributed by atoms with Crippen LogP contribution in [0.25, 0.3) is 5.65 Å². The van der Waals surface area contributed by atoms with Crippen LogP contribution in [0.2, 0.25) is 5.15 Å². The Hall–Kier alpha value is -1.09. The first-order valence-electron chi connectivity index (χ1n) is 4.81. The third-order valence-corrected chi connectivity index (χ3v) is 2.51. The summed E-state index contributed by atoms with van der Waals surface area (Å²) in [7, 11) is 0. The van der Waals surface area contributed by atoms with Gasteiger partial charge < -0.3 is 0 Å². The molecule has 0 atom stereocenters. The van der Waals surface area contributed by atoms with E-state index in [1.165, 1.54) is 0 Å². The first-order chi connectivity index (χ1) is 6.83. The van der Waals surface area contributed by atoms with E-state index in [0.717, 1.165) is 30.6 Å². The van der Waals surface area contributed by atoms with Crippen molar-refractivity contribution in [2.75, 3.05) is 0 Å². The van der Waals surface area contributed by atoms with E-state index in [1.807, 2.05) is 16.6 Å². The molecule has 4 heteroatoms. The zero-order valence-electron chi connectivity index (χ0n) is 8.07. The molecule has 0 bridgehead atoms. The van der Waals surface area contributed by atoms with E-state index in [2.05, 4.69) is 17.0 Å². The lowest BCUT2D eigenvalue weighted by atomic mass is 10.2. The van der Waals surface area contributed by atoms with Crippen LogP contribution in [0.3, 0.4) is 0 Å². The van der Waals surface area contributed by atoms with E-state index in [-0.39, 0.29) is 0 Å². The van der Waals surface area contributed by atoms with Crippen LogP contribution in [0.1, 0.15) is 25.5 Å². The van der Waals surface area contributed by atoms with Gasteiger partial charge in [0.05, 0.1) is 5.69 Å². The van der Waals surface area contributed by atoms with Crippen molar-refractivity contribution in [2.45, 2.75) is 26.2 Å². The predicted molar refractivity (Wildman–Crippen MR) is 56.6 cm³/mol. The molecule has 0 amide bonds. The Balaban J connectivity index is 2.45. The summed E-state index contributed by atoms with van der Waals surface area (Å²) in [6.45, 7) is 2.16. The van der Waals surface area contributed by atoms with Gasteiger partial charge in [0.25, 0.3) is 0 Å². The van der Waals surface area contributed by atoms with Gasteiger partial charge in [-0.2, -0.15) is 5.10 Å². The van der Waals surface area contributed by atoms with Crippen LogP contribution in [0.15, 0.2) is 18.3 Å². The number of fused-ring (bicyclic) bond motifs is 1. The number of hydrogen-bond donors (Lipinski definition) is 0. The highest BCUT2D eigenvalue weighted by atomic mass is 35.5. The number of aryl methyl sites for hydroxylation is 1. The fourth-order valence-electron chi connectivity index (χ4n) is 1.46. The lowest BCUT2D eigenvalue weighted by Gasteiger charge is -1.98. The van der Waals surface area contributed by atoms with Crippen LogP contribution in [-0.4, -0.2) is 14.6 Å². The van der Waals surface area contributed by atoms with Gasteiger partial charge in [0.1, 0.15) is 0 Å². The van der Waals surface area contributed by atoms with Crippen molar-refractivity contribution in [3.63, 3.8) is 0 Å². The minimum Gasteiger partial charge on any atom is -0.216 e. The lowest BCUT2D eigenvalue weighted by Crippen LogP contribution is -1.96. The van der Waals surface area contributed by atoms with E-state index in [9.17, 15) is 0 Å². The summed E-state index contributed by atoms with van der Waals surface area (Å²) in [5, 5.41) is 4.81. The molecule has 0 radical (unpaired) electrons. The third-order valence-electron chi connectivity index (χ3n) is 2.20. The predicted octanol–water partition coefficient (Wildman–Crippen LogP) is 2.73. The van der Waals surface area contributed by atoms with Gasteiger partial charge >= 0.3 is 0 Å². The number of halogens is 1. The van der Waals surface area contributed by atoms with Gasteiger partial charge in [-0.1, -0.05) is 24.9 Å². The van der Waals surface area contributed by atoms with Crippen molar-refractivity contribution in [1.29, 1.82) is 0 Å². The topological polar surface area (TPSA) is 30.2 Å². The second kappa shape index (κ2) is 3.96.